The first-order valence-electron chi connectivity index (χ1n) is 6.67. The van der Waals surface area contributed by atoms with Crippen LogP contribution >= 0.6 is 0 Å². The van der Waals surface area contributed by atoms with E-state index >= 15 is 0 Å². The highest BCUT2D eigenvalue weighted by Gasteiger charge is 2.49. The van der Waals surface area contributed by atoms with E-state index in [2.05, 4.69) is 5.53 Å². The zero-order valence-corrected chi connectivity index (χ0v) is 12.5. The van der Waals surface area contributed by atoms with Gasteiger partial charge in [0.15, 0.2) is 0 Å². The van der Waals surface area contributed by atoms with Crippen LogP contribution < -0.4 is 5.53 Å². The number of benzene rings is 1. The van der Waals surface area contributed by atoms with Crippen LogP contribution in [0.3, 0.4) is 0 Å². The average molecular weight is 291 g/mol. The first-order chi connectivity index (χ1) is 9.85. The summed E-state index contributed by atoms with van der Waals surface area (Å²) >= 11 is 0. The van der Waals surface area contributed by atoms with Gasteiger partial charge >= 0.3 is 0 Å². The van der Waals surface area contributed by atoms with Crippen molar-refractivity contribution in [3.8, 4) is 5.75 Å². The van der Waals surface area contributed by atoms with Crippen LogP contribution in [0.2, 0.25) is 0 Å². The van der Waals surface area contributed by atoms with E-state index in [-0.39, 0.29) is 11.7 Å². The summed E-state index contributed by atoms with van der Waals surface area (Å²) in [6, 6.07) is 6.95. The van der Waals surface area contributed by atoms with Gasteiger partial charge in [0.2, 0.25) is 5.96 Å². The molecule has 21 heavy (non-hydrogen) atoms. The van der Waals surface area contributed by atoms with Crippen LogP contribution in [0.15, 0.2) is 24.3 Å². The summed E-state index contributed by atoms with van der Waals surface area (Å²) in [5.41, 5.74) is 3.44. The zero-order chi connectivity index (χ0) is 15.6. The van der Waals surface area contributed by atoms with E-state index in [1.165, 1.54) is 0 Å². The number of rotatable bonds is 5. The highest BCUT2D eigenvalue weighted by atomic mass is 16.3. The van der Waals surface area contributed by atoms with Gasteiger partial charge in [0, 0.05) is 27.2 Å². The molecule has 0 spiro atoms. The summed E-state index contributed by atoms with van der Waals surface area (Å²) in [6.45, 7) is 2.97. The number of aromatic hydroxyl groups is 1. The highest BCUT2D eigenvalue weighted by molar-refractivity contribution is 5.76. The van der Waals surface area contributed by atoms with E-state index in [0.29, 0.717) is 13.1 Å². The third-order valence-electron chi connectivity index (χ3n) is 3.53. The lowest BCUT2D eigenvalue weighted by Crippen LogP contribution is -2.50. The molecule has 0 bridgehead atoms. The summed E-state index contributed by atoms with van der Waals surface area (Å²) in [7, 11) is 3.52. The average Bonchev–Trinajstić information content (AvgIpc) is 3.08. The van der Waals surface area contributed by atoms with E-state index in [1.54, 1.807) is 47.2 Å². The summed E-state index contributed by atoms with van der Waals surface area (Å²) < 4.78 is 0. The number of guanidine groups is 1. The van der Waals surface area contributed by atoms with Crippen molar-refractivity contribution in [3.05, 3.63) is 29.8 Å². The molecule has 1 heterocycles. The predicted molar refractivity (Wildman–Crippen MR) is 79.4 cm³/mol. The molecule has 7 nitrogen and oxygen atoms in total. The van der Waals surface area contributed by atoms with Gasteiger partial charge in [0.05, 0.1) is 0 Å². The normalized spacial score (nSPS) is 23.5. The van der Waals surface area contributed by atoms with Crippen molar-refractivity contribution in [1.29, 1.82) is 5.41 Å². The van der Waals surface area contributed by atoms with E-state index in [1.807, 2.05) is 13.0 Å². The Kier molecular flexibility index (Phi) is 4.15. The van der Waals surface area contributed by atoms with Crippen LogP contribution in [0.25, 0.3) is 0 Å². The molecule has 1 aliphatic heterocycles. The number of phenols is 1. The Morgan fingerprint density at radius 2 is 2.29 bits per heavy atom. The van der Waals surface area contributed by atoms with Crippen LogP contribution in [0, 0.1) is 5.41 Å². The molecule has 114 valence electrons. The number of aldehydes is 1. The van der Waals surface area contributed by atoms with Gasteiger partial charge < -0.3 is 14.8 Å². The Balaban J connectivity index is 1.88. The number of phenolic OH excluding ortho intramolecular Hbond substituents is 1. The van der Waals surface area contributed by atoms with Gasteiger partial charge in [-0.2, -0.15) is 5.53 Å². The van der Waals surface area contributed by atoms with Crippen molar-refractivity contribution in [3.63, 3.8) is 0 Å². The van der Waals surface area contributed by atoms with Crippen LogP contribution in [0.1, 0.15) is 12.5 Å². The first-order valence-corrected chi connectivity index (χ1v) is 6.67. The predicted octanol–water partition coefficient (Wildman–Crippen LogP) is 0.383. The second kappa shape index (κ2) is 5.71. The number of nitrogens with zero attached hydrogens (tertiary/aromatic N) is 3. The topological polar surface area (TPSA) is 82.7 Å². The number of hydrogen-bond acceptors (Lipinski definition) is 5. The Bertz CT molecular complexity index is 550. The van der Waals surface area contributed by atoms with E-state index in [9.17, 15) is 9.90 Å². The summed E-state index contributed by atoms with van der Waals surface area (Å²) in [5, 5.41) is 20.9. The maximum absolute atomic E-state index is 10.9. The van der Waals surface area contributed by atoms with E-state index in [4.69, 9.17) is 5.41 Å². The van der Waals surface area contributed by atoms with Crippen molar-refractivity contribution in [2.45, 2.75) is 19.0 Å². The molecule has 1 fully saturated rings. The number of hydrazine groups is 2. The SMILES string of the molecule is CN(Cc1cccc(O)c1)C(=N)N(C)NN1CC1(C)C=O. The van der Waals surface area contributed by atoms with E-state index in [0.717, 1.165) is 11.8 Å². The second-order valence-electron chi connectivity index (χ2n) is 5.57. The lowest BCUT2D eigenvalue weighted by Gasteiger charge is -2.29. The van der Waals surface area contributed by atoms with Crippen molar-refractivity contribution < 1.29 is 9.90 Å². The maximum Gasteiger partial charge on any atom is 0.209 e. The molecule has 2 unspecified atom stereocenters. The molecule has 1 aromatic carbocycles. The molecule has 2 atom stereocenters. The van der Waals surface area contributed by atoms with Crippen molar-refractivity contribution in [2.75, 3.05) is 20.6 Å². The number of hydrogen-bond donors (Lipinski definition) is 3. The van der Waals surface area contributed by atoms with Gasteiger partial charge in [-0.1, -0.05) is 12.1 Å². The minimum atomic E-state index is -0.474. The number of carbonyl (C=O) groups excluding carboxylic acids is 1. The fraction of sp³-hybridized carbons (Fsp3) is 0.429. The van der Waals surface area contributed by atoms with Gasteiger partial charge in [-0.25, -0.2) is 5.01 Å². The van der Waals surface area contributed by atoms with Gasteiger partial charge in [-0.3, -0.25) is 10.4 Å². The lowest BCUT2D eigenvalue weighted by atomic mass is 10.2. The van der Waals surface area contributed by atoms with Gasteiger partial charge in [0.25, 0.3) is 0 Å². The molecule has 0 saturated carbocycles. The smallest absolute Gasteiger partial charge is 0.209 e. The lowest BCUT2D eigenvalue weighted by molar-refractivity contribution is -0.111. The fourth-order valence-corrected chi connectivity index (χ4v) is 2.02. The molecule has 1 aliphatic rings. The molecule has 1 aromatic rings. The van der Waals surface area contributed by atoms with Crippen molar-refractivity contribution in [1.82, 2.24) is 20.5 Å². The number of nitrogens with one attached hydrogen (secondary N) is 2. The fourth-order valence-electron chi connectivity index (χ4n) is 2.02. The Morgan fingerprint density at radius 3 is 2.86 bits per heavy atom. The zero-order valence-electron chi connectivity index (χ0n) is 12.5. The molecule has 2 rings (SSSR count). The monoisotopic (exact) mass is 291 g/mol. The second-order valence-corrected chi connectivity index (χ2v) is 5.57. The van der Waals surface area contributed by atoms with Gasteiger partial charge in [-0.05, 0) is 24.6 Å². The molecular weight excluding hydrogens is 270 g/mol. The molecule has 0 amide bonds. The molecule has 0 aliphatic carbocycles. The van der Waals surface area contributed by atoms with E-state index < -0.39 is 5.54 Å². The molecule has 0 radical (unpaired) electrons. The van der Waals surface area contributed by atoms with Gasteiger partial charge in [-0.15, -0.1) is 0 Å². The maximum atomic E-state index is 10.9. The number of carbonyl (C=O) groups is 1. The third kappa shape index (κ3) is 3.50. The van der Waals surface area contributed by atoms with Crippen LogP contribution in [-0.2, 0) is 11.3 Å². The summed E-state index contributed by atoms with van der Waals surface area (Å²) in [5.74, 6) is 0.475. The third-order valence-corrected chi connectivity index (χ3v) is 3.53. The minimum absolute atomic E-state index is 0.213. The Labute approximate surface area is 124 Å². The Hall–Kier alpha value is -2.12. The minimum Gasteiger partial charge on any atom is -0.508 e. The molecular formula is C14H21N5O2. The summed E-state index contributed by atoms with van der Waals surface area (Å²) in [6.07, 6.45) is 0.897. The van der Waals surface area contributed by atoms with Crippen LogP contribution in [-0.4, -0.2) is 58.4 Å². The molecule has 7 heteroatoms. The Morgan fingerprint density at radius 1 is 1.57 bits per heavy atom. The molecule has 0 aromatic heterocycles. The standard InChI is InChI=1S/C14H21N5O2/c1-14(10-20)9-19(14)16-18(3)13(15)17(2)8-11-5-4-6-12(21)7-11/h4-7,10,15-16,21H,8-9H2,1-3H3. The first kappa shape index (κ1) is 15.3. The van der Waals surface area contributed by atoms with Gasteiger partial charge in [0.1, 0.15) is 17.6 Å². The summed E-state index contributed by atoms with van der Waals surface area (Å²) in [4.78, 5) is 12.6. The van der Waals surface area contributed by atoms with Crippen LogP contribution in [0.4, 0.5) is 0 Å². The molecule has 1 saturated heterocycles. The largest absolute Gasteiger partial charge is 0.508 e. The van der Waals surface area contributed by atoms with Crippen LogP contribution in [0.5, 0.6) is 5.75 Å². The van der Waals surface area contributed by atoms with Crippen molar-refractivity contribution in [2.24, 2.45) is 0 Å². The quantitative estimate of drug-likeness (QED) is 0.239. The molecule has 3 N–H and O–H groups in total. The highest BCUT2D eigenvalue weighted by Crippen LogP contribution is 2.26. The van der Waals surface area contributed by atoms with Crippen molar-refractivity contribution >= 4 is 12.2 Å².